The van der Waals surface area contributed by atoms with E-state index in [2.05, 4.69) is 10.3 Å². The lowest BCUT2D eigenvalue weighted by Gasteiger charge is -2.24. The SMILES string of the molecule is O=C(CN1C(=O)CCCC1=O)Nc1c[nH]c(Cl)cc1=O. The van der Waals surface area contributed by atoms with Crippen molar-refractivity contribution in [2.75, 3.05) is 11.9 Å². The summed E-state index contributed by atoms with van der Waals surface area (Å²) in [6, 6.07) is 1.12. The number of hydrogen-bond acceptors (Lipinski definition) is 4. The number of nitrogens with one attached hydrogen (secondary N) is 2. The Morgan fingerprint density at radius 3 is 2.55 bits per heavy atom. The largest absolute Gasteiger partial charge is 0.350 e. The van der Waals surface area contributed by atoms with Gasteiger partial charge in [0.25, 0.3) is 0 Å². The highest BCUT2D eigenvalue weighted by atomic mass is 35.5. The number of aromatic nitrogens is 1. The Labute approximate surface area is 118 Å². The third kappa shape index (κ3) is 3.24. The summed E-state index contributed by atoms with van der Waals surface area (Å²) in [5.74, 6) is -1.36. The number of anilines is 1. The van der Waals surface area contributed by atoms with E-state index in [1.165, 1.54) is 6.20 Å². The summed E-state index contributed by atoms with van der Waals surface area (Å²) in [6.07, 6.45) is 2.26. The second-order valence-electron chi connectivity index (χ2n) is 4.33. The molecule has 0 unspecified atom stereocenters. The van der Waals surface area contributed by atoms with E-state index in [1.54, 1.807) is 0 Å². The topological polar surface area (TPSA) is 99.3 Å². The first-order valence-corrected chi connectivity index (χ1v) is 6.36. The third-order valence-electron chi connectivity index (χ3n) is 2.84. The maximum absolute atomic E-state index is 11.8. The number of H-pyrrole nitrogens is 1. The zero-order valence-corrected chi connectivity index (χ0v) is 11.2. The first-order valence-electron chi connectivity index (χ1n) is 5.98. The van der Waals surface area contributed by atoms with Gasteiger partial charge in [-0.2, -0.15) is 0 Å². The van der Waals surface area contributed by atoms with E-state index in [0.717, 1.165) is 11.0 Å². The van der Waals surface area contributed by atoms with E-state index in [1.807, 2.05) is 0 Å². The molecule has 2 N–H and O–H groups in total. The molecule has 1 saturated heterocycles. The molecular formula is C12H12ClN3O4. The van der Waals surface area contributed by atoms with Gasteiger partial charge in [-0.05, 0) is 6.42 Å². The monoisotopic (exact) mass is 297 g/mol. The van der Waals surface area contributed by atoms with Gasteiger partial charge in [-0.15, -0.1) is 0 Å². The molecule has 0 radical (unpaired) electrons. The van der Waals surface area contributed by atoms with Gasteiger partial charge in [0.1, 0.15) is 17.4 Å². The van der Waals surface area contributed by atoms with Crippen molar-refractivity contribution in [1.29, 1.82) is 0 Å². The molecule has 0 saturated carbocycles. The summed E-state index contributed by atoms with van der Waals surface area (Å²) in [5.41, 5.74) is -0.449. The normalized spacial score (nSPS) is 15.3. The van der Waals surface area contributed by atoms with Gasteiger partial charge >= 0.3 is 0 Å². The summed E-state index contributed by atoms with van der Waals surface area (Å²) in [7, 11) is 0. The highest BCUT2D eigenvalue weighted by Crippen LogP contribution is 2.12. The number of pyridine rings is 1. The van der Waals surface area contributed by atoms with E-state index in [0.29, 0.717) is 6.42 Å². The van der Waals surface area contributed by atoms with Crippen LogP contribution < -0.4 is 10.7 Å². The van der Waals surface area contributed by atoms with Gasteiger partial charge in [-0.1, -0.05) is 11.6 Å². The number of nitrogens with zero attached hydrogens (tertiary/aromatic N) is 1. The number of imide groups is 1. The van der Waals surface area contributed by atoms with Crippen molar-refractivity contribution in [1.82, 2.24) is 9.88 Å². The van der Waals surface area contributed by atoms with Crippen LogP contribution in [0.1, 0.15) is 19.3 Å². The Hall–Kier alpha value is -2.15. The Morgan fingerprint density at radius 1 is 1.30 bits per heavy atom. The maximum atomic E-state index is 11.8. The molecule has 2 rings (SSSR count). The fourth-order valence-electron chi connectivity index (χ4n) is 1.85. The molecule has 3 amide bonds. The minimum Gasteiger partial charge on any atom is -0.350 e. The van der Waals surface area contributed by atoms with E-state index in [-0.39, 0.29) is 42.0 Å². The van der Waals surface area contributed by atoms with Crippen LogP contribution in [0.4, 0.5) is 5.69 Å². The second kappa shape index (κ2) is 5.87. The quantitative estimate of drug-likeness (QED) is 0.627. The highest BCUT2D eigenvalue weighted by Gasteiger charge is 2.27. The maximum Gasteiger partial charge on any atom is 0.244 e. The van der Waals surface area contributed by atoms with Gasteiger partial charge in [0.15, 0.2) is 0 Å². The molecule has 0 bridgehead atoms. The molecule has 0 atom stereocenters. The number of piperidine rings is 1. The lowest BCUT2D eigenvalue weighted by atomic mass is 10.1. The molecule has 2 heterocycles. The highest BCUT2D eigenvalue weighted by molar-refractivity contribution is 6.29. The van der Waals surface area contributed by atoms with Crippen molar-refractivity contribution < 1.29 is 14.4 Å². The molecule has 7 nitrogen and oxygen atoms in total. The second-order valence-corrected chi connectivity index (χ2v) is 4.74. The minimum atomic E-state index is -0.610. The molecule has 1 fully saturated rings. The molecule has 0 aliphatic carbocycles. The Kier molecular flexibility index (Phi) is 4.19. The first-order chi connectivity index (χ1) is 9.47. The number of rotatable bonds is 3. The van der Waals surface area contributed by atoms with Crippen molar-refractivity contribution in [3.63, 3.8) is 0 Å². The molecule has 20 heavy (non-hydrogen) atoms. The van der Waals surface area contributed by atoms with Crippen LogP contribution in [0.3, 0.4) is 0 Å². The van der Waals surface area contributed by atoms with Crippen molar-refractivity contribution in [3.8, 4) is 0 Å². The van der Waals surface area contributed by atoms with Gasteiger partial charge < -0.3 is 10.3 Å². The summed E-state index contributed by atoms with van der Waals surface area (Å²) in [5, 5.41) is 2.49. The molecule has 1 aliphatic heterocycles. The molecule has 0 aromatic carbocycles. The average molecular weight is 298 g/mol. The average Bonchev–Trinajstić information content (AvgIpc) is 2.37. The summed E-state index contributed by atoms with van der Waals surface area (Å²) in [6.45, 7) is -0.389. The molecule has 0 spiro atoms. The van der Waals surface area contributed by atoms with Crippen LogP contribution in [0, 0.1) is 0 Å². The van der Waals surface area contributed by atoms with Crippen LogP contribution in [-0.4, -0.2) is 34.2 Å². The van der Waals surface area contributed by atoms with Crippen LogP contribution in [0.2, 0.25) is 5.15 Å². The number of likely N-dealkylation sites (tertiary alicyclic amines) is 1. The lowest BCUT2D eigenvalue weighted by molar-refractivity contribution is -0.150. The zero-order valence-electron chi connectivity index (χ0n) is 10.4. The van der Waals surface area contributed by atoms with Gasteiger partial charge in [-0.3, -0.25) is 24.1 Å². The fourth-order valence-corrected chi connectivity index (χ4v) is 2.01. The zero-order chi connectivity index (χ0) is 14.7. The van der Waals surface area contributed by atoms with Gasteiger partial charge in [0, 0.05) is 25.1 Å². The smallest absolute Gasteiger partial charge is 0.244 e. The lowest BCUT2D eigenvalue weighted by Crippen LogP contribution is -2.44. The van der Waals surface area contributed by atoms with Crippen LogP contribution in [-0.2, 0) is 14.4 Å². The van der Waals surface area contributed by atoms with E-state index in [4.69, 9.17) is 11.6 Å². The predicted octanol–water partition coefficient (Wildman–Crippen LogP) is 0.506. The summed E-state index contributed by atoms with van der Waals surface area (Å²) >= 11 is 5.58. The van der Waals surface area contributed by atoms with E-state index < -0.39 is 11.3 Å². The number of halogens is 1. The minimum absolute atomic E-state index is 0.0105. The van der Waals surface area contributed by atoms with E-state index in [9.17, 15) is 19.2 Å². The van der Waals surface area contributed by atoms with Gasteiger partial charge in [-0.25, -0.2) is 0 Å². The molecule has 1 aromatic rings. The first kappa shape index (κ1) is 14.3. The van der Waals surface area contributed by atoms with Crippen LogP contribution in [0.25, 0.3) is 0 Å². The van der Waals surface area contributed by atoms with Crippen molar-refractivity contribution in [2.24, 2.45) is 0 Å². The summed E-state index contributed by atoms with van der Waals surface area (Å²) in [4.78, 5) is 49.9. The molecule has 8 heteroatoms. The number of amides is 3. The van der Waals surface area contributed by atoms with Gasteiger partial charge in [0.05, 0.1) is 0 Å². The molecular weight excluding hydrogens is 286 g/mol. The number of hydrogen-bond donors (Lipinski definition) is 2. The fraction of sp³-hybridized carbons (Fsp3) is 0.333. The predicted molar refractivity (Wildman–Crippen MR) is 71.3 cm³/mol. The van der Waals surface area contributed by atoms with Crippen molar-refractivity contribution in [2.45, 2.75) is 19.3 Å². The number of aromatic amines is 1. The summed E-state index contributed by atoms with van der Waals surface area (Å²) < 4.78 is 0. The molecule has 1 aromatic heterocycles. The van der Waals surface area contributed by atoms with E-state index >= 15 is 0 Å². The number of carbonyl (C=O) groups excluding carboxylic acids is 3. The third-order valence-corrected chi connectivity index (χ3v) is 3.06. The Bertz CT molecular complexity index is 609. The Balaban J connectivity index is 2.03. The van der Waals surface area contributed by atoms with Crippen LogP contribution >= 0.6 is 11.6 Å². The molecule has 1 aliphatic rings. The number of carbonyl (C=O) groups is 3. The Morgan fingerprint density at radius 2 is 1.95 bits per heavy atom. The van der Waals surface area contributed by atoms with Crippen LogP contribution in [0.5, 0.6) is 0 Å². The van der Waals surface area contributed by atoms with Gasteiger partial charge in [0.2, 0.25) is 23.2 Å². The molecule has 106 valence electrons. The van der Waals surface area contributed by atoms with Crippen LogP contribution in [0.15, 0.2) is 17.1 Å². The standard InChI is InChI=1S/C12H12ClN3O4/c13-9-4-8(17)7(5-14-9)15-10(18)6-16-11(19)2-1-3-12(16)20/h4-5H,1-3,6H2,(H,14,17)(H,15,18). The van der Waals surface area contributed by atoms with Crippen molar-refractivity contribution in [3.05, 3.63) is 27.6 Å². The van der Waals surface area contributed by atoms with Crippen molar-refractivity contribution >= 4 is 35.0 Å².